The first-order chi connectivity index (χ1) is 21.9. The molecule has 8 heteroatoms. The van der Waals surface area contributed by atoms with Gasteiger partial charge in [0.1, 0.15) is 23.5 Å². The fraction of sp³-hybridized carbons (Fsp3) is 0.553. The molecule has 0 atom stereocenters. The number of amides is 2. The minimum Gasteiger partial charge on any atom is -0.491 e. The monoisotopic (exact) mass is 627 g/mol. The number of nitrogens with one attached hydrogen (secondary N) is 1. The van der Waals surface area contributed by atoms with Crippen molar-refractivity contribution in [3.05, 3.63) is 53.6 Å². The molecule has 2 aliphatic heterocycles. The largest absolute Gasteiger partial charge is 0.491 e. The van der Waals surface area contributed by atoms with Crippen LogP contribution in [-0.4, -0.2) is 58.1 Å². The van der Waals surface area contributed by atoms with Crippen LogP contribution >= 0.6 is 0 Å². The third kappa shape index (κ3) is 6.67. The Balaban J connectivity index is 1.20. The van der Waals surface area contributed by atoms with Crippen molar-refractivity contribution in [3.63, 3.8) is 0 Å². The number of ether oxygens (including phenoxy) is 2. The van der Waals surface area contributed by atoms with Crippen molar-refractivity contribution in [1.29, 1.82) is 0 Å². The second-order valence-electron chi connectivity index (χ2n) is 14.9. The van der Waals surface area contributed by atoms with Crippen LogP contribution in [-0.2, 0) is 20.9 Å². The van der Waals surface area contributed by atoms with E-state index in [9.17, 15) is 14.4 Å². The molecule has 0 bridgehead atoms. The molecule has 0 radical (unpaired) electrons. The minimum absolute atomic E-state index is 0.109. The van der Waals surface area contributed by atoms with Crippen molar-refractivity contribution >= 4 is 28.7 Å². The number of carbonyl (C=O) groups is 3. The molecule has 246 valence electrons. The summed E-state index contributed by atoms with van der Waals surface area (Å²) in [6.45, 7) is 11.5. The van der Waals surface area contributed by atoms with Gasteiger partial charge in [0.2, 0.25) is 5.91 Å². The maximum atomic E-state index is 13.8. The van der Waals surface area contributed by atoms with Gasteiger partial charge in [0.05, 0.1) is 12.2 Å². The Hall–Kier alpha value is -3.81. The lowest BCUT2D eigenvalue weighted by Crippen LogP contribution is -2.57. The van der Waals surface area contributed by atoms with Gasteiger partial charge in [0.15, 0.2) is 0 Å². The average molecular weight is 628 g/mol. The van der Waals surface area contributed by atoms with E-state index in [-0.39, 0.29) is 23.7 Å². The van der Waals surface area contributed by atoms with Gasteiger partial charge in [-0.25, -0.2) is 0 Å². The zero-order valence-electron chi connectivity index (χ0n) is 28.1. The van der Waals surface area contributed by atoms with Crippen LogP contribution in [0.5, 0.6) is 5.75 Å². The summed E-state index contributed by atoms with van der Waals surface area (Å²) in [5, 5.41) is 4.25. The Labute approximate surface area is 272 Å². The van der Waals surface area contributed by atoms with Crippen molar-refractivity contribution in [2.75, 3.05) is 19.7 Å². The lowest BCUT2D eigenvalue weighted by Gasteiger charge is -2.37. The van der Waals surface area contributed by atoms with Crippen molar-refractivity contribution < 1.29 is 23.9 Å². The molecule has 3 aromatic rings. The van der Waals surface area contributed by atoms with Gasteiger partial charge in [0, 0.05) is 41.5 Å². The fourth-order valence-electron chi connectivity index (χ4n) is 7.64. The Morgan fingerprint density at radius 1 is 0.913 bits per heavy atom. The van der Waals surface area contributed by atoms with Gasteiger partial charge >= 0.3 is 5.97 Å². The quantitative estimate of drug-likeness (QED) is 0.291. The third-order valence-corrected chi connectivity index (χ3v) is 9.83. The number of esters is 1. The first-order valence-corrected chi connectivity index (χ1v) is 17.1. The number of benzene rings is 2. The highest BCUT2D eigenvalue weighted by molar-refractivity contribution is 6.03. The van der Waals surface area contributed by atoms with Gasteiger partial charge < -0.3 is 24.3 Å². The van der Waals surface area contributed by atoms with E-state index in [1.54, 1.807) is 13.8 Å². The van der Waals surface area contributed by atoms with E-state index in [0.29, 0.717) is 44.1 Å². The van der Waals surface area contributed by atoms with Crippen LogP contribution in [0.4, 0.5) is 0 Å². The Morgan fingerprint density at radius 3 is 2.35 bits per heavy atom. The van der Waals surface area contributed by atoms with Crippen LogP contribution in [0.25, 0.3) is 22.2 Å². The zero-order valence-corrected chi connectivity index (χ0v) is 28.1. The normalized spacial score (nSPS) is 17.9. The number of nitrogens with zero attached hydrogens (tertiary/aromatic N) is 2. The van der Waals surface area contributed by atoms with Crippen molar-refractivity contribution in [3.8, 4) is 17.0 Å². The SMILES string of the molecule is CC(C)(C)OC(=O)CC1CCN(C(=O)C(C)(C)NC(=O)c2ccc3c(C4CCCCC4)c4n(c3c2)CCOc2ccccc2-4)CC1. The summed E-state index contributed by atoms with van der Waals surface area (Å²) in [4.78, 5) is 41.5. The second-order valence-corrected chi connectivity index (χ2v) is 14.9. The summed E-state index contributed by atoms with van der Waals surface area (Å²) in [6, 6.07) is 14.3. The fourth-order valence-corrected chi connectivity index (χ4v) is 7.64. The maximum absolute atomic E-state index is 13.8. The number of fused-ring (bicyclic) bond motifs is 5. The number of hydrogen-bond acceptors (Lipinski definition) is 5. The second kappa shape index (κ2) is 12.8. The smallest absolute Gasteiger partial charge is 0.306 e. The standard InChI is InChI=1S/C38H49N3O5/c1-37(2,3)46-32(42)23-25-17-19-40(20-18-25)36(44)38(4,5)39-35(43)27-15-16-28-30(24-27)41-21-22-45-31-14-10-9-13-29(31)34(41)33(28)26-11-7-6-8-12-26/h9-10,13-16,24-26H,6-8,11-12,17-23H2,1-5H3,(H,39,43). The molecule has 2 aromatic carbocycles. The molecule has 1 saturated heterocycles. The zero-order chi connectivity index (χ0) is 32.6. The van der Waals surface area contributed by atoms with Gasteiger partial charge in [-0.1, -0.05) is 37.5 Å². The van der Waals surface area contributed by atoms with Crippen molar-refractivity contribution in [2.45, 2.75) is 110 Å². The minimum atomic E-state index is -1.08. The van der Waals surface area contributed by atoms with E-state index in [1.807, 2.05) is 43.9 Å². The highest BCUT2D eigenvalue weighted by Gasteiger charge is 2.37. The topological polar surface area (TPSA) is 89.9 Å². The number of rotatable bonds is 6. The van der Waals surface area contributed by atoms with Crippen LogP contribution in [0.15, 0.2) is 42.5 Å². The van der Waals surface area contributed by atoms with Crippen molar-refractivity contribution in [1.82, 2.24) is 14.8 Å². The first-order valence-electron chi connectivity index (χ1n) is 17.1. The van der Waals surface area contributed by atoms with Gasteiger partial charge in [-0.2, -0.15) is 0 Å². The molecule has 2 amide bonds. The highest BCUT2D eigenvalue weighted by Crippen LogP contribution is 2.47. The lowest BCUT2D eigenvalue weighted by atomic mass is 9.81. The van der Waals surface area contributed by atoms with Gasteiger partial charge in [0.25, 0.3) is 5.91 Å². The van der Waals surface area contributed by atoms with Crippen LogP contribution < -0.4 is 10.1 Å². The number of carbonyl (C=O) groups excluding carboxylic acids is 3. The predicted molar refractivity (Wildman–Crippen MR) is 180 cm³/mol. The molecule has 46 heavy (non-hydrogen) atoms. The molecule has 1 saturated carbocycles. The van der Waals surface area contributed by atoms with E-state index in [2.05, 4.69) is 34.1 Å². The molecular weight excluding hydrogens is 578 g/mol. The molecule has 1 N–H and O–H groups in total. The van der Waals surface area contributed by atoms with Crippen LogP contribution in [0.2, 0.25) is 0 Å². The van der Waals surface area contributed by atoms with E-state index in [1.165, 1.54) is 48.7 Å². The highest BCUT2D eigenvalue weighted by atomic mass is 16.6. The number of piperidine rings is 1. The first kappa shape index (κ1) is 32.1. The van der Waals surface area contributed by atoms with Gasteiger partial charge in [-0.05, 0) is 102 Å². The third-order valence-electron chi connectivity index (χ3n) is 9.83. The van der Waals surface area contributed by atoms with Crippen LogP contribution in [0, 0.1) is 5.92 Å². The van der Waals surface area contributed by atoms with E-state index in [0.717, 1.165) is 29.7 Å². The summed E-state index contributed by atoms with van der Waals surface area (Å²) >= 11 is 0. The summed E-state index contributed by atoms with van der Waals surface area (Å²) in [5.41, 5.74) is 3.71. The molecule has 0 spiro atoms. The van der Waals surface area contributed by atoms with E-state index >= 15 is 0 Å². The van der Waals surface area contributed by atoms with Crippen LogP contribution in [0.1, 0.15) is 108 Å². The Kier molecular flexibility index (Phi) is 8.92. The predicted octanol–water partition coefficient (Wildman–Crippen LogP) is 7.23. The molecule has 8 nitrogen and oxygen atoms in total. The number of hydrogen-bond donors (Lipinski definition) is 1. The Morgan fingerprint density at radius 2 is 1.63 bits per heavy atom. The van der Waals surface area contributed by atoms with E-state index < -0.39 is 11.1 Å². The molecule has 0 unspecified atom stereocenters. The summed E-state index contributed by atoms with van der Waals surface area (Å²) in [7, 11) is 0. The summed E-state index contributed by atoms with van der Waals surface area (Å²) in [6.07, 6.45) is 7.94. The Bertz CT molecular complexity index is 1620. The van der Waals surface area contributed by atoms with E-state index in [4.69, 9.17) is 9.47 Å². The van der Waals surface area contributed by atoms with Crippen molar-refractivity contribution in [2.24, 2.45) is 5.92 Å². The summed E-state index contributed by atoms with van der Waals surface area (Å²) < 4.78 is 14.0. The molecule has 3 heterocycles. The molecular formula is C38H49N3O5. The summed E-state index contributed by atoms with van der Waals surface area (Å²) in [5.74, 6) is 1.01. The number of likely N-dealkylation sites (tertiary alicyclic amines) is 1. The lowest BCUT2D eigenvalue weighted by molar-refractivity contribution is -0.156. The van der Waals surface area contributed by atoms with Gasteiger partial charge in [-0.3, -0.25) is 14.4 Å². The molecule has 3 aliphatic rings. The average Bonchev–Trinajstić information content (AvgIpc) is 3.21. The molecule has 2 fully saturated rings. The number of para-hydroxylation sites is 1. The molecule has 1 aromatic heterocycles. The molecule has 1 aliphatic carbocycles. The van der Waals surface area contributed by atoms with Gasteiger partial charge in [-0.15, -0.1) is 0 Å². The number of aromatic nitrogens is 1. The van der Waals surface area contributed by atoms with Crippen LogP contribution in [0.3, 0.4) is 0 Å². The molecule has 6 rings (SSSR count). The maximum Gasteiger partial charge on any atom is 0.306 e.